The number of alkyl carbamates (subject to hydrolysis) is 1. The summed E-state index contributed by atoms with van der Waals surface area (Å²) in [6, 6.07) is 26.8. The molecule has 1 aliphatic carbocycles. The molecular formula is C30H26NO5. The molecule has 1 radical (unpaired) electrons. The van der Waals surface area contributed by atoms with E-state index in [4.69, 9.17) is 14.2 Å². The van der Waals surface area contributed by atoms with Gasteiger partial charge in [-0.2, -0.15) is 0 Å². The maximum absolute atomic E-state index is 12.5. The molecule has 0 fully saturated rings. The molecule has 1 atom stereocenters. The summed E-state index contributed by atoms with van der Waals surface area (Å²) in [5, 5.41) is 14.6. The molecule has 0 aromatic heterocycles. The second-order valence-corrected chi connectivity index (χ2v) is 8.54. The van der Waals surface area contributed by atoms with E-state index in [0.717, 1.165) is 44.9 Å². The zero-order valence-electron chi connectivity index (χ0n) is 20.1. The summed E-state index contributed by atoms with van der Waals surface area (Å²) in [6.07, 6.45) is -0.558. The van der Waals surface area contributed by atoms with Gasteiger partial charge >= 0.3 is 6.09 Å². The molecule has 4 aromatic rings. The lowest BCUT2D eigenvalue weighted by molar-refractivity contribution is 0.142. The van der Waals surface area contributed by atoms with Gasteiger partial charge in [0.2, 0.25) is 0 Å². The van der Waals surface area contributed by atoms with Crippen LogP contribution in [0.4, 0.5) is 4.79 Å². The molecule has 1 unspecified atom stereocenters. The largest absolute Gasteiger partial charge is 0.497 e. The topological polar surface area (TPSA) is 76.7 Å². The summed E-state index contributed by atoms with van der Waals surface area (Å²) in [5.74, 6) is 1.22. The summed E-state index contributed by atoms with van der Waals surface area (Å²) < 4.78 is 16.7. The fraction of sp³-hybridized carbons (Fsp3) is 0.167. The highest BCUT2D eigenvalue weighted by Gasteiger charge is 2.32. The van der Waals surface area contributed by atoms with Crippen molar-refractivity contribution in [2.24, 2.45) is 0 Å². The monoisotopic (exact) mass is 480 g/mol. The number of hydrogen-bond acceptors (Lipinski definition) is 4. The van der Waals surface area contributed by atoms with Crippen LogP contribution >= 0.6 is 0 Å². The van der Waals surface area contributed by atoms with Crippen molar-refractivity contribution >= 4 is 6.09 Å². The summed E-state index contributed by atoms with van der Waals surface area (Å²) >= 11 is 0. The molecule has 6 heteroatoms. The number of nitrogens with one attached hydrogen (secondary N) is 1. The molecule has 0 heterocycles. The lowest BCUT2D eigenvalue weighted by Crippen LogP contribution is -2.25. The molecule has 0 saturated carbocycles. The number of hydrogen-bond donors (Lipinski definition) is 1. The average Bonchev–Trinajstić information content (AvgIpc) is 3.24. The van der Waals surface area contributed by atoms with E-state index in [9.17, 15) is 9.90 Å². The van der Waals surface area contributed by atoms with Gasteiger partial charge in [-0.3, -0.25) is 5.11 Å². The number of para-hydroxylation sites is 1. The quantitative estimate of drug-likeness (QED) is 0.325. The van der Waals surface area contributed by atoms with Crippen molar-refractivity contribution in [3.63, 3.8) is 0 Å². The molecular weight excluding hydrogens is 454 g/mol. The molecule has 6 nitrogen and oxygen atoms in total. The molecule has 1 amide bonds. The van der Waals surface area contributed by atoms with E-state index in [-0.39, 0.29) is 24.8 Å². The van der Waals surface area contributed by atoms with E-state index in [2.05, 4.69) is 29.6 Å². The Morgan fingerprint density at radius 1 is 0.806 bits per heavy atom. The third-order valence-electron chi connectivity index (χ3n) is 6.55. The number of rotatable bonds is 7. The highest BCUT2D eigenvalue weighted by molar-refractivity contribution is 5.93. The molecule has 0 bridgehead atoms. The molecule has 5 rings (SSSR count). The standard InChI is InChI=1S/C30H26NO5/c1-34-20-14-15-22(28(16-20)35-2)24-11-7-12-25-26(21-9-4-5-10-23(21)29(24)25)18-36-30(33)31-17-19-8-3-6-13-27(19)32/h3-16,26H,17-18H2,1-2H3,(H,31,33). The molecule has 0 spiro atoms. The van der Waals surface area contributed by atoms with E-state index >= 15 is 0 Å². The Morgan fingerprint density at radius 3 is 2.36 bits per heavy atom. The second kappa shape index (κ2) is 10.0. The summed E-state index contributed by atoms with van der Waals surface area (Å²) in [7, 11) is 3.28. The van der Waals surface area contributed by atoms with Crippen LogP contribution in [0.3, 0.4) is 0 Å². The maximum Gasteiger partial charge on any atom is 0.407 e. The van der Waals surface area contributed by atoms with Crippen LogP contribution in [-0.2, 0) is 16.4 Å². The van der Waals surface area contributed by atoms with Gasteiger partial charge in [-0.25, -0.2) is 4.79 Å². The molecule has 181 valence electrons. The first-order valence-corrected chi connectivity index (χ1v) is 11.7. The fourth-order valence-electron chi connectivity index (χ4n) is 4.81. The zero-order valence-corrected chi connectivity index (χ0v) is 20.1. The molecule has 0 aliphatic heterocycles. The highest BCUT2D eigenvalue weighted by atomic mass is 16.5. The van der Waals surface area contributed by atoms with Crippen molar-refractivity contribution in [3.8, 4) is 39.5 Å². The number of methoxy groups -OCH3 is 2. The van der Waals surface area contributed by atoms with Crippen molar-refractivity contribution in [1.82, 2.24) is 5.32 Å². The number of carbonyl (C=O) groups is 1. The van der Waals surface area contributed by atoms with Crippen molar-refractivity contribution in [3.05, 3.63) is 102 Å². The minimum Gasteiger partial charge on any atom is -0.497 e. The first-order valence-electron chi connectivity index (χ1n) is 11.7. The predicted molar refractivity (Wildman–Crippen MR) is 137 cm³/mol. The fourth-order valence-corrected chi connectivity index (χ4v) is 4.81. The van der Waals surface area contributed by atoms with E-state index in [1.807, 2.05) is 36.4 Å². The highest BCUT2D eigenvalue weighted by Crippen LogP contribution is 2.50. The summed E-state index contributed by atoms with van der Waals surface area (Å²) in [5.41, 5.74) is 6.92. The smallest absolute Gasteiger partial charge is 0.407 e. The molecule has 1 aliphatic rings. The third kappa shape index (κ3) is 4.33. The van der Waals surface area contributed by atoms with E-state index < -0.39 is 6.09 Å². The van der Waals surface area contributed by atoms with Crippen LogP contribution in [0.1, 0.15) is 22.6 Å². The van der Waals surface area contributed by atoms with Crippen LogP contribution in [0, 0.1) is 0 Å². The molecule has 4 aromatic carbocycles. The minimum absolute atomic E-state index is 0.113. The third-order valence-corrected chi connectivity index (χ3v) is 6.55. The SMILES string of the molecule is COc1ccc(-c2cccc3c2-c2ccccc2C3COC(=O)NCc2ccccc2[O])c(OC)c1. The van der Waals surface area contributed by atoms with Crippen LogP contribution < -0.4 is 14.8 Å². The number of carbonyl (C=O) groups excluding carboxylic acids is 1. The Bertz CT molecular complexity index is 1410. The van der Waals surface area contributed by atoms with Gasteiger partial charge in [0.1, 0.15) is 18.1 Å². The van der Waals surface area contributed by atoms with Crippen molar-refractivity contribution in [2.45, 2.75) is 12.5 Å². The van der Waals surface area contributed by atoms with Crippen molar-refractivity contribution in [1.29, 1.82) is 0 Å². The molecule has 0 saturated heterocycles. The van der Waals surface area contributed by atoms with Gasteiger partial charge in [-0.15, -0.1) is 0 Å². The summed E-state index contributed by atoms with van der Waals surface area (Å²) in [4.78, 5) is 12.5. The Balaban J connectivity index is 1.43. The molecule has 36 heavy (non-hydrogen) atoms. The Kier molecular flexibility index (Phi) is 6.50. The van der Waals surface area contributed by atoms with Gasteiger partial charge in [0.05, 0.1) is 14.2 Å². The number of benzene rings is 4. The maximum atomic E-state index is 12.5. The van der Waals surface area contributed by atoms with Gasteiger partial charge in [0.25, 0.3) is 0 Å². The van der Waals surface area contributed by atoms with Crippen LogP contribution in [0.5, 0.6) is 17.2 Å². The van der Waals surface area contributed by atoms with E-state index in [0.29, 0.717) is 5.56 Å². The van der Waals surface area contributed by atoms with Gasteiger partial charge in [0, 0.05) is 29.7 Å². The normalized spacial score (nSPS) is 13.4. The first kappa shape index (κ1) is 23.3. The van der Waals surface area contributed by atoms with E-state index in [1.165, 1.54) is 6.07 Å². The van der Waals surface area contributed by atoms with Gasteiger partial charge in [-0.1, -0.05) is 60.7 Å². The average molecular weight is 481 g/mol. The Labute approximate surface area is 210 Å². The Hall–Kier alpha value is -4.45. The zero-order chi connectivity index (χ0) is 25.1. The summed E-state index contributed by atoms with van der Waals surface area (Å²) in [6.45, 7) is 0.301. The number of ether oxygens (including phenoxy) is 3. The Morgan fingerprint density at radius 2 is 1.56 bits per heavy atom. The van der Waals surface area contributed by atoms with E-state index in [1.54, 1.807) is 32.4 Å². The molecule has 1 N–H and O–H groups in total. The lowest BCUT2D eigenvalue weighted by atomic mass is 9.92. The van der Waals surface area contributed by atoms with Crippen LogP contribution in [0.15, 0.2) is 84.9 Å². The second-order valence-electron chi connectivity index (χ2n) is 8.54. The van der Waals surface area contributed by atoms with Crippen LogP contribution in [0.25, 0.3) is 22.3 Å². The number of fused-ring (bicyclic) bond motifs is 3. The predicted octanol–water partition coefficient (Wildman–Crippen LogP) is 6.55. The van der Waals surface area contributed by atoms with Gasteiger partial charge in [-0.05, 0) is 46.0 Å². The van der Waals surface area contributed by atoms with Crippen LogP contribution in [0.2, 0.25) is 0 Å². The number of amides is 1. The van der Waals surface area contributed by atoms with Gasteiger partial charge in [0.15, 0.2) is 5.75 Å². The van der Waals surface area contributed by atoms with Gasteiger partial charge < -0.3 is 19.5 Å². The lowest BCUT2D eigenvalue weighted by Gasteiger charge is -2.16. The first-order chi connectivity index (χ1) is 17.6. The van der Waals surface area contributed by atoms with Crippen molar-refractivity contribution < 1.29 is 24.1 Å². The van der Waals surface area contributed by atoms with Crippen molar-refractivity contribution in [2.75, 3.05) is 20.8 Å². The van der Waals surface area contributed by atoms with Crippen LogP contribution in [-0.4, -0.2) is 26.9 Å². The minimum atomic E-state index is -0.558.